The van der Waals surface area contributed by atoms with Gasteiger partial charge in [0, 0.05) is 36.4 Å². The molecule has 0 radical (unpaired) electrons. The van der Waals surface area contributed by atoms with E-state index in [0.717, 1.165) is 16.8 Å². The van der Waals surface area contributed by atoms with Crippen LogP contribution in [0.15, 0.2) is 73.4 Å². The first-order valence-electron chi connectivity index (χ1n) is 10.1. The zero-order chi connectivity index (χ0) is 21.0. The standard InChI is InChI=1S/C23H18N6O2/c30-21(15-7-10-29-19(12-15)25-14-26-29)28-11-8-23(20(28)16-4-3-9-24-13-16)17-5-1-2-6-18(17)27-22(23)31/h1-7,9-10,12-14,20H,8,11H2,(H,27,31). The Morgan fingerprint density at radius 2 is 2.06 bits per heavy atom. The van der Waals surface area contributed by atoms with E-state index in [0.29, 0.717) is 24.2 Å². The number of benzene rings is 1. The van der Waals surface area contributed by atoms with Crippen molar-refractivity contribution >= 4 is 23.1 Å². The summed E-state index contributed by atoms with van der Waals surface area (Å²) < 4.78 is 1.61. The van der Waals surface area contributed by atoms with Crippen molar-refractivity contribution in [2.75, 3.05) is 11.9 Å². The number of hydrogen-bond acceptors (Lipinski definition) is 5. The first-order chi connectivity index (χ1) is 15.2. The van der Waals surface area contributed by atoms with Crippen LogP contribution in [-0.4, -0.2) is 42.8 Å². The monoisotopic (exact) mass is 410 g/mol. The number of carbonyl (C=O) groups excluding carboxylic acids is 2. The summed E-state index contributed by atoms with van der Waals surface area (Å²) in [6, 6.07) is 14.5. The molecule has 1 N–H and O–H groups in total. The van der Waals surface area contributed by atoms with E-state index in [2.05, 4.69) is 20.4 Å². The van der Waals surface area contributed by atoms with Gasteiger partial charge in [-0.3, -0.25) is 14.6 Å². The highest BCUT2D eigenvalue weighted by molar-refractivity contribution is 6.08. The zero-order valence-electron chi connectivity index (χ0n) is 16.5. The van der Waals surface area contributed by atoms with Gasteiger partial charge in [0.15, 0.2) is 5.65 Å². The highest BCUT2D eigenvalue weighted by Crippen LogP contribution is 2.54. The van der Waals surface area contributed by atoms with E-state index in [1.54, 1.807) is 40.1 Å². The van der Waals surface area contributed by atoms with E-state index in [9.17, 15) is 9.59 Å². The molecule has 2 amide bonds. The molecule has 3 aromatic heterocycles. The molecule has 8 nitrogen and oxygen atoms in total. The molecule has 152 valence electrons. The summed E-state index contributed by atoms with van der Waals surface area (Å²) >= 11 is 0. The van der Waals surface area contributed by atoms with Crippen LogP contribution in [0.4, 0.5) is 5.69 Å². The third-order valence-corrected chi connectivity index (χ3v) is 6.38. The van der Waals surface area contributed by atoms with Crippen LogP contribution in [0.5, 0.6) is 0 Å². The molecule has 2 unspecified atom stereocenters. The number of carbonyl (C=O) groups is 2. The van der Waals surface area contributed by atoms with Crippen molar-refractivity contribution in [3.63, 3.8) is 0 Å². The number of nitrogens with zero attached hydrogens (tertiary/aromatic N) is 5. The second kappa shape index (κ2) is 6.46. The van der Waals surface area contributed by atoms with Gasteiger partial charge in [0.05, 0.1) is 6.04 Å². The van der Waals surface area contributed by atoms with E-state index >= 15 is 0 Å². The number of para-hydroxylation sites is 1. The molecule has 2 atom stereocenters. The first-order valence-corrected chi connectivity index (χ1v) is 10.1. The molecule has 0 saturated carbocycles. The number of rotatable bonds is 2. The maximum absolute atomic E-state index is 13.7. The molecule has 6 rings (SSSR count). The first kappa shape index (κ1) is 17.8. The number of likely N-dealkylation sites (tertiary alicyclic amines) is 1. The van der Waals surface area contributed by atoms with Crippen LogP contribution in [0, 0.1) is 0 Å². The molecule has 1 saturated heterocycles. The van der Waals surface area contributed by atoms with Crippen LogP contribution in [-0.2, 0) is 10.2 Å². The summed E-state index contributed by atoms with van der Waals surface area (Å²) in [5.41, 5.74) is 2.83. The third kappa shape index (κ3) is 2.44. The predicted molar refractivity (Wildman–Crippen MR) is 112 cm³/mol. The maximum Gasteiger partial charge on any atom is 0.254 e. The van der Waals surface area contributed by atoms with Gasteiger partial charge in [0.25, 0.3) is 5.91 Å². The van der Waals surface area contributed by atoms with Gasteiger partial charge in [-0.15, -0.1) is 0 Å². The van der Waals surface area contributed by atoms with Crippen molar-refractivity contribution in [1.29, 1.82) is 0 Å². The predicted octanol–water partition coefficient (Wildman–Crippen LogP) is 2.60. The number of fused-ring (bicyclic) bond motifs is 3. The van der Waals surface area contributed by atoms with E-state index in [4.69, 9.17) is 0 Å². The fourth-order valence-corrected chi connectivity index (χ4v) is 5.02. The quantitative estimate of drug-likeness (QED) is 0.548. The Bertz CT molecular complexity index is 1330. The summed E-state index contributed by atoms with van der Waals surface area (Å²) in [4.78, 5) is 37.3. The average Bonchev–Trinajstić information content (AvgIpc) is 3.51. The molecule has 2 aliphatic heterocycles. The Balaban J connectivity index is 1.50. The Labute approximate surface area is 177 Å². The lowest BCUT2D eigenvalue weighted by atomic mass is 9.73. The largest absolute Gasteiger partial charge is 0.330 e. The Morgan fingerprint density at radius 1 is 1.16 bits per heavy atom. The highest BCUT2D eigenvalue weighted by atomic mass is 16.2. The van der Waals surface area contributed by atoms with Crippen molar-refractivity contribution in [2.24, 2.45) is 0 Å². The minimum Gasteiger partial charge on any atom is -0.330 e. The van der Waals surface area contributed by atoms with Crippen LogP contribution in [0.1, 0.15) is 33.9 Å². The molecule has 5 heterocycles. The second-order valence-electron chi connectivity index (χ2n) is 7.89. The van der Waals surface area contributed by atoms with Gasteiger partial charge in [0.2, 0.25) is 5.91 Å². The van der Waals surface area contributed by atoms with Crippen molar-refractivity contribution in [1.82, 2.24) is 24.5 Å². The van der Waals surface area contributed by atoms with Gasteiger partial charge >= 0.3 is 0 Å². The van der Waals surface area contributed by atoms with Crippen LogP contribution in [0.3, 0.4) is 0 Å². The number of pyridine rings is 2. The fraction of sp³-hybridized carbons (Fsp3) is 0.174. The van der Waals surface area contributed by atoms with E-state index in [1.807, 2.05) is 36.4 Å². The zero-order valence-corrected chi connectivity index (χ0v) is 16.5. The molecule has 31 heavy (non-hydrogen) atoms. The Morgan fingerprint density at radius 3 is 2.94 bits per heavy atom. The number of aromatic nitrogens is 4. The minimum absolute atomic E-state index is 0.0780. The molecular formula is C23H18N6O2. The number of amides is 2. The summed E-state index contributed by atoms with van der Waals surface area (Å²) in [5.74, 6) is -0.223. The van der Waals surface area contributed by atoms with Crippen molar-refractivity contribution in [2.45, 2.75) is 17.9 Å². The number of hydrogen-bond donors (Lipinski definition) is 1. The molecule has 0 bridgehead atoms. The van der Waals surface area contributed by atoms with Crippen molar-refractivity contribution < 1.29 is 9.59 Å². The minimum atomic E-state index is -0.853. The third-order valence-electron chi connectivity index (χ3n) is 6.38. The molecule has 1 aromatic carbocycles. The summed E-state index contributed by atoms with van der Waals surface area (Å²) in [6.45, 7) is 0.456. The second-order valence-corrected chi connectivity index (χ2v) is 7.89. The molecule has 1 spiro atoms. The van der Waals surface area contributed by atoms with E-state index in [1.165, 1.54) is 6.33 Å². The molecule has 1 fully saturated rings. The topological polar surface area (TPSA) is 92.5 Å². The molecule has 8 heteroatoms. The van der Waals surface area contributed by atoms with Crippen LogP contribution in [0.25, 0.3) is 5.65 Å². The van der Waals surface area contributed by atoms with Crippen LogP contribution >= 0.6 is 0 Å². The Hall–Kier alpha value is -4.07. The van der Waals surface area contributed by atoms with Gasteiger partial charge in [-0.05, 0) is 41.8 Å². The molecule has 4 aromatic rings. The van der Waals surface area contributed by atoms with Gasteiger partial charge in [-0.25, -0.2) is 9.50 Å². The lowest BCUT2D eigenvalue weighted by Gasteiger charge is -2.34. The molecule has 0 aliphatic carbocycles. The van der Waals surface area contributed by atoms with Crippen LogP contribution in [0.2, 0.25) is 0 Å². The lowest BCUT2D eigenvalue weighted by Crippen LogP contribution is -2.42. The van der Waals surface area contributed by atoms with E-state index in [-0.39, 0.29) is 11.8 Å². The Kier molecular flexibility index (Phi) is 3.70. The number of anilines is 1. The maximum atomic E-state index is 13.7. The van der Waals surface area contributed by atoms with Gasteiger partial charge in [-0.2, -0.15) is 5.10 Å². The van der Waals surface area contributed by atoms with E-state index < -0.39 is 11.5 Å². The van der Waals surface area contributed by atoms with Gasteiger partial charge < -0.3 is 10.2 Å². The smallest absolute Gasteiger partial charge is 0.254 e. The van der Waals surface area contributed by atoms with Gasteiger partial charge in [-0.1, -0.05) is 24.3 Å². The average molecular weight is 410 g/mol. The summed E-state index contributed by atoms with van der Waals surface area (Å²) in [7, 11) is 0. The van der Waals surface area contributed by atoms with Gasteiger partial charge in [0.1, 0.15) is 11.7 Å². The number of nitrogens with one attached hydrogen (secondary N) is 1. The highest BCUT2D eigenvalue weighted by Gasteiger charge is 2.59. The summed E-state index contributed by atoms with van der Waals surface area (Å²) in [6.07, 6.45) is 7.15. The van der Waals surface area contributed by atoms with Crippen LogP contribution < -0.4 is 5.32 Å². The normalized spacial score (nSPS) is 22.1. The summed E-state index contributed by atoms with van der Waals surface area (Å²) in [5, 5.41) is 7.12. The fourth-order valence-electron chi connectivity index (χ4n) is 5.02. The van der Waals surface area contributed by atoms with Crippen molar-refractivity contribution in [3.8, 4) is 0 Å². The van der Waals surface area contributed by atoms with Crippen molar-refractivity contribution in [3.05, 3.63) is 90.1 Å². The molecule has 2 aliphatic rings. The SMILES string of the molecule is O=C(c1ccn2ncnc2c1)N1CCC2(C(=O)Nc3ccccc32)C1c1cccnc1. The molecular weight excluding hydrogens is 392 g/mol. The lowest BCUT2D eigenvalue weighted by molar-refractivity contribution is -0.121.